The molecule has 2 aromatic rings. The molecule has 0 unspecified atom stereocenters. The van der Waals surface area contributed by atoms with E-state index >= 15 is 0 Å². The Hall–Kier alpha value is -2.23. The first-order valence-corrected chi connectivity index (χ1v) is 5.32. The normalized spacial score (nSPS) is 10.1. The molecule has 0 atom stereocenters. The van der Waals surface area contributed by atoms with Gasteiger partial charge in [-0.05, 0) is 24.3 Å². The van der Waals surface area contributed by atoms with Gasteiger partial charge in [0.15, 0.2) is 12.4 Å². The molecule has 0 heterocycles. The maximum atomic E-state index is 12.9. The van der Waals surface area contributed by atoms with Gasteiger partial charge in [-0.1, -0.05) is 18.2 Å². The highest BCUT2D eigenvalue weighted by molar-refractivity contribution is 5.97. The summed E-state index contributed by atoms with van der Waals surface area (Å²) >= 11 is 0. The lowest BCUT2D eigenvalue weighted by atomic mass is 10.1. The van der Waals surface area contributed by atoms with Crippen molar-refractivity contribution in [2.45, 2.75) is 0 Å². The van der Waals surface area contributed by atoms with Gasteiger partial charge in [-0.25, -0.2) is 8.78 Å². The van der Waals surface area contributed by atoms with Gasteiger partial charge in [-0.15, -0.1) is 0 Å². The third-order valence-corrected chi connectivity index (χ3v) is 2.30. The van der Waals surface area contributed by atoms with Gasteiger partial charge in [0.25, 0.3) is 0 Å². The molecular formula is C14H10F2O2. The Labute approximate surface area is 103 Å². The van der Waals surface area contributed by atoms with Crippen LogP contribution in [-0.2, 0) is 0 Å². The highest BCUT2D eigenvalue weighted by Crippen LogP contribution is 2.11. The summed E-state index contributed by atoms with van der Waals surface area (Å²) in [4.78, 5) is 11.7. The van der Waals surface area contributed by atoms with Crippen LogP contribution >= 0.6 is 0 Å². The van der Waals surface area contributed by atoms with Crippen LogP contribution in [0.3, 0.4) is 0 Å². The van der Waals surface area contributed by atoms with E-state index < -0.39 is 17.4 Å². The van der Waals surface area contributed by atoms with Gasteiger partial charge in [-0.3, -0.25) is 4.79 Å². The highest BCUT2D eigenvalue weighted by Gasteiger charge is 2.10. The zero-order valence-electron chi connectivity index (χ0n) is 9.40. The van der Waals surface area contributed by atoms with Gasteiger partial charge in [0.2, 0.25) is 0 Å². The number of para-hydroxylation sites is 1. The number of hydrogen-bond donors (Lipinski definition) is 0. The quantitative estimate of drug-likeness (QED) is 0.776. The maximum absolute atomic E-state index is 12.9. The lowest BCUT2D eigenvalue weighted by molar-refractivity contribution is 0.0920. The Morgan fingerprint density at radius 2 is 1.61 bits per heavy atom. The van der Waals surface area contributed by atoms with Gasteiger partial charge in [0.1, 0.15) is 17.4 Å². The molecule has 0 aliphatic heterocycles. The van der Waals surface area contributed by atoms with Crippen molar-refractivity contribution in [2.24, 2.45) is 0 Å². The minimum Gasteiger partial charge on any atom is -0.485 e. The van der Waals surface area contributed by atoms with Crippen LogP contribution in [-0.4, -0.2) is 12.4 Å². The first-order chi connectivity index (χ1) is 8.65. The third kappa shape index (κ3) is 3.13. The largest absolute Gasteiger partial charge is 0.485 e. The van der Waals surface area contributed by atoms with E-state index in [4.69, 9.17) is 4.74 Å². The lowest BCUT2D eigenvalue weighted by Crippen LogP contribution is -2.12. The summed E-state index contributed by atoms with van der Waals surface area (Å²) < 4.78 is 31.0. The molecule has 0 radical (unpaired) electrons. The fraction of sp³-hybridized carbons (Fsp3) is 0.0714. The summed E-state index contributed by atoms with van der Waals surface area (Å²) in [5, 5.41) is 0. The van der Waals surface area contributed by atoms with Crippen LogP contribution in [0, 0.1) is 11.6 Å². The minimum atomic E-state index is -0.780. The second-order valence-electron chi connectivity index (χ2n) is 3.68. The molecule has 4 heteroatoms. The number of ether oxygens (including phenoxy) is 1. The third-order valence-electron chi connectivity index (χ3n) is 2.30. The molecule has 0 N–H and O–H groups in total. The average molecular weight is 248 g/mol. The number of hydrogen-bond acceptors (Lipinski definition) is 2. The molecule has 0 aliphatic rings. The number of carbonyl (C=O) groups excluding carboxylic acids is 1. The Kier molecular flexibility index (Phi) is 3.67. The van der Waals surface area contributed by atoms with E-state index in [0.717, 1.165) is 18.2 Å². The van der Waals surface area contributed by atoms with Gasteiger partial charge >= 0.3 is 0 Å². The van der Waals surface area contributed by atoms with Crippen LogP contribution in [0.15, 0.2) is 48.5 Å². The first kappa shape index (κ1) is 12.2. The number of benzene rings is 2. The Balaban J connectivity index is 2.04. The van der Waals surface area contributed by atoms with Gasteiger partial charge in [-0.2, -0.15) is 0 Å². The fourth-order valence-electron chi connectivity index (χ4n) is 1.46. The molecule has 2 rings (SSSR count). The van der Waals surface area contributed by atoms with Crippen LogP contribution in [0.5, 0.6) is 5.75 Å². The number of Topliss-reactive ketones (excluding diaryl/α,β-unsaturated/α-hetero) is 1. The van der Waals surface area contributed by atoms with Gasteiger partial charge in [0, 0.05) is 11.6 Å². The van der Waals surface area contributed by atoms with E-state index in [1.54, 1.807) is 24.3 Å². The van der Waals surface area contributed by atoms with E-state index in [1.165, 1.54) is 0 Å². The standard InChI is InChI=1S/C14H10F2O2/c15-11-6-10(7-12(16)8-11)14(17)9-18-13-4-2-1-3-5-13/h1-8H,9H2. The van der Waals surface area contributed by atoms with E-state index in [1.807, 2.05) is 6.07 Å². The lowest BCUT2D eigenvalue weighted by Gasteiger charge is -2.05. The zero-order chi connectivity index (χ0) is 13.0. The molecular weight excluding hydrogens is 238 g/mol. The Morgan fingerprint density at radius 1 is 1.00 bits per heavy atom. The van der Waals surface area contributed by atoms with Crippen molar-refractivity contribution in [3.05, 3.63) is 65.7 Å². The number of halogens is 2. The second kappa shape index (κ2) is 5.40. The second-order valence-corrected chi connectivity index (χ2v) is 3.68. The van der Waals surface area contributed by atoms with Crippen molar-refractivity contribution in [2.75, 3.05) is 6.61 Å². The molecule has 0 saturated heterocycles. The van der Waals surface area contributed by atoms with Crippen LogP contribution in [0.4, 0.5) is 8.78 Å². The molecule has 92 valence electrons. The van der Waals surface area contributed by atoms with E-state index in [0.29, 0.717) is 5.75 Å². The molecule has 0 fully saturated rings. The maximum Gasteiger partial charge on any atom is 0.200 e. The van der Waals surface area contributed by atoms with Crippen molar-refractivity contribution >= 4 is 5.78 Å². The summed E-state index contributed by atoms with van der Waals surface area (Å²) in [6, 6.07) is 11.4. The summed E-state index contributed by atoms with van der Waals surface area (Å²) in [5.74, 6) is -1.50. The van der Waals surface area contributed by atoms with Crippen LogP contribution in [0.1, 0.15) is 10.4 Å². The van der Waals surface area contributed by atoms with E-state index in [-0.39, 0.29) is 12.2 Å². The van der Waals surface area contributed by atoms with Crippen molar-refractivity contribution in [1.82, 2.24) is 0 Å². The summed E-state index contributed by atoms with van der Waals surface area (Å²) in [6.07, 6.45) is 0. The molecule has 0 aromatic heterocycles. The molecule has 0 amide bonds. The first-order valence-electron chi connectivity index (χ1n) is 5.32. The molecule has 0 spiro atoms. The van der Waals surface area contributed by atoms with E-state index in [9.17, 15) is 13.6 Å². The predicted molar refractivity (Wildman–Crippen MR) is 62.6 cm³/mol. The smallest absolute Gasteiger partial charge is 0.200 e. The van der Waals surface area contributed by atoms with Crippen molar-refractivity contribution in [1.29, 1.82) is 0 Å². The van der Waals surface area contributed by atoms with Crippen LogP contribution in [0.2, 0.25) is 0 Å². The number of rotatable bonds is 4. The Morgan fingerprint density at radius 3 is 2.22 bits per heavy atom. The molecule has 0 bridgehead atoms. The average Bonchev–Trinajstić information content (AvgIpc) is 2.36. The van der Waals surface area contributed by atoms with Crippen LogP contribution in [0.25, 0.3) is 0 Å². The van der Waals surface area contributed by atoms with Crippen molar-refractivity contribution < 1.29 is 18.3 Å². The van der Waals surface area contributed by atoms with Crippen molar-refractivity contribution in [3.8, 4) is 5.75 Å². The summed E-state index contributed by atoms with van der Waals surface area (Å²) in [7, 11) is 0. The number of carbonyl (C=O) groups is 1. The molecule has 0 aliphatic carbocycles. The molecule has 0 saturated carbocycles. The van der Waals surface area contributed by atoms with E-state index in [2.05, 4.69) is 0 Å². The predicted octanol–water partition coefficient (Wildman–Crippen LogP) is 3.23. The van der Waals surface area contributed by atoms with Crippen molar-refractivity contribution in [3.63, 3.8) is 0 Å². The number of ketones is 1. The Bertz CT molecular complexity index is 533. The fourth-order valence-corrected chi connectivity index (χ4v) is 1.46. The van der Waals surface area contributed by atoms with Gasteiger partial charge in [0.05, 0.1) is 0 Å². The van der Waals surface area contributed by atoms with Gasteiger partial charge < -0.3 is 4.74 Å². The summed E-state index contributed by atoms with van der Waals surface area (Å²) in [5.41, 5.74) is -0.0385. The molecule has 18 heavy (non-hydrogen) atoms. The zero-order valence-corrected chi connectivity index (χ0v) is 9.40. The SMILES string of the molecule is O=C(COc1ccccc1)c1cc(F)cc(F)c1. The molecule has 2 nitrogen and oxygen atoms in total. The monoisotopic (exact) mass is 248 g/mol. The minimum absolute atomic E-state index is 0.0385. The van der Waals surface area contributed by atoms with Crippen LogP contribution < -0.4 is 4.74 Å². The molecule has 2 aromatic carbocycles. The summed E-state index contributed by atoms with van der Waals surface area (Å²) in [6.45, 7) is -0.257. The highest BCUT2D eigenvalue weighted by atomic mass is 19.1. The topological polar surface area (TPSA) is 26.3 Å².